The van der Waals surface area contributed by atoms with Crippen molar-refractivity contribution in [3.05, 3.63) is 72.1 Å². The molecule has 3 rings (SSSR count). The molecule has 1 aromatic heterocycles. The van der Waals surface area contributed by atoms with Crippen molar-refractivity contribution < 1.29 is 8.78 Å². The Hall–Kier alpha value is -2.69. The maximum absolute atomic E-state index is 13.2. The van der Waals surface area contributed by atoms with Gasteiger partial charge in [-0.2, -0.15) is 5.10 Å². The number of nitrogens with two attached hydrogens (primary N) is 1. The third kappa shape index (κ3) is 2.91. The predicted molar refractivity (Wildman–Crippen MR) is 77.5 cm³/mol. The van der Waals surface area contributed by atoms with Gasteiger partial charge in [-0.15, -0.1) is 0 Å². The molecule has 0 amide bonds. The number of anilines is 1. The van der Waals surface area contributed by atoms with Crippen LogP contribution in [0.15, 0.2) is 54.9 Å². The van der Waals surface area contributed by atoms with Gasteiger partial charge in [-0.3, -0.25) is 4.68 Å². The van der Waals surface area contributed by atoms with Gasteiger partial charge in [0.2, 0.25) is 0 Å². The summed E-state index contributed by atoms with van der Waals surface area (Å²) in [5.41, 5.74) is 8.95. The van der Waals surface area contributed by atoms with Gasteiger partial charge in [-0.25, -0.2) is 8.78 Å². The van der Waals surface area contributed by atoms with E-state index in [0.717, 1.165) is 17.2 Å². The van der Waals surface area contributed by atoms with E-state index in [9.17, 15) is 8.78 Å². The van der Waals surface area contributed by atoms with Crippen LogP contribution in [-0.2, 0) is 6.54 Å². The van der Waals surface area contributed by atoms with Crippen LogP contribution in [0.25, 0.3) is 11.1 Å². The lowest BCUT2D eigenvalue weighted by molar-refractivity contribution is 0.506. The SMILES string of the molecule is Nc1ccc(-c2cnn(Cc3ccc(F)c(F)c3)c2)cc1. The standard InChI is InChI=1S/C16H13F2N3/c17-15-6-1-11(7-16(15)18)9-21-10-13(8-20-21)12-2-4-14(19)5-3-12/h1-8,10H,9,19H2. The molecule has 0 atom stereocenters. The summed E-state index contributed by atoms with van der Waals surface area (Å²) in [6, 6.07) is 11.3. The third-order valence-corrected chi connectivity index (χ3v) is 3.21. The Balaban J connectivity index is 1.81. The van der Waals surface area contributed by atoms with Crippen molar-refractivity contribution in [2.75, 3.05) is 5.73 Å². The van der Waals surface area contributed by atoms with Crippen LogP contribution in [0.3, 0.4) is 0 Å². The number of aromatic nitrogens is 2. The summed E-state index contributed by atoms with van der Waals surface area (Å²) < 4.78 is 27.7. The van der Waals surface area contributed by atoms with Crippen molar-refractivity contribution in [1.29, 1.82) is 0 Å². The second kappa shape index (κ2) is 5.36. The van der Waals surface area contributed by atoms with E-state index in [2.05, 4.69) is 5.10 Å². The molecule has 0 spiro atoms. The molecule has 0 unspecified atom stereocenters. The fraction of sp³-hybridized carbons (Fsp3) is 0.0625. The van der Waals surface area contributed by atoms with Gasteiger partial charge in [-0.05, 0) is 35.4 Å². The van der Waals surface area contributed by atoms with Crippen molar-refractivity contribution >= 4 is 5.69 Å². The Morgan fingerprint density at radius 1 is 0.952 bits per heavy atom. The first-order valence-electron chi connectivity index (χ1n) is 6.44. The zero-order chi connectivity index (χ0) is 14.8. The van der Waals surface area contributed by atoms with Crippen LogP contribution < -0.4 is 5.73 Å². The number of halogens is 2. The zero-order valence-electron chi connectivity index (χ0n) is 11.1. The average Bonchev–Trinajstić information content (AvgIpc) is 2.92. The molecule has 2 aromatic carbocycles. The van der Waals surface area contributed by atoms with E-state index in [1.807, 2.05) is 30.5 Å². The minimum atomic E-state index is -0.849. The molecule has 0 saturated carbocycles. The van der Waals surface area contributed by atoms with Gasteiger partial charge in [0, 0.05) is 17.4 Å². The quantitative estimate of drug-likeness (QED) is 0.749. The number of rotatable bonds is 3. The van der Waals surface area contributed by atoms with Gasteiger partial charge in [0.15, 0.2) is 11.6 Å². The number of hydrogen-bond acceptors (Lipinski definition) is 2. The molecule has 106 valence electrons. The Bertz CT molecular complexity index is 763. The molecule has 0 saturated heterocycles. The molecule has 3 aromatic rings. The molecule has 3 nitrogen and oxygen atoms in total. The molecule has 0 radical (unpaired) electrons. The third-order valence-electron chi connectivity index (χ3n) is 3.21. The molecule has 0 bridgehead atoms. The number of hydrogen-bond donors (Lipinski definition) is 1. The van der Waals surface area contributed by atoms with E-state index in [-0.39, 0.29) is 0 Å². The maximum atomic E-state index is 13.2. The van der Waals surface area contributed by atoms with Gasteiger partial charge >= 0.3 is 0 Å². The Morgan fingerprint density at radius 2 is 1.71 bits per heavy atom. The molecule has 0 aliphatic carbocycles. The zero-order valence-corrected chi connectivity index (χ0v) is 11.1. The lowest BCUT2D eigenvalue weighted by atomic mass is 10.1. The highest BCUT2D eigenvalue weighted by Gasteiger charge is 2.05. The van der Waals surface area contributed by atoms with Gasteiger partial charge in [0.1, 0.15) is 0 Å². The van der Waals surface area contributed by atoms with E-state index >= 15 is 0 Å². The smallest absolute Gasteiger partial charge is 0.159 e. The van der Waals surface area contributed by atoms with E-state index < -0.39 is 11.6 Å². The normalized spacial score (nSPS) is 10.8. The van der Waals surface area contributed by atoms with Crippen LogP contribution in [0.2, 0.25) is 0 Å². The minimum absolute atomic E-state index is 0.381. The fourth-order valence-electron chi connectivity index (χ4n) is 2.10. The first kappa shape index (κ1) is 13.3. The minimum Gasteiger partial charge on any atom is -0.399 e. The first-order chi connectivity index (χ1) is 10.1. The van der Waals surface area contributed by atoms with Crippen LogP contribution >= 0.6 is 0 Å². The van der Waals surface area contributed by atoms with E-state index in [1.54, 1.807) is 16.9 Å². The van der Waals surface area contributed by atoms with Gasteiger partial charge < -0.3 is 5.73 Å². The van der Waals surface area contributed by atoms with Crippen LogP contribution in [0.4, 0.5) is 14.5 Å². The molecular formula is C16H13F2N3. The van der Waals surface area contributed by atoms with Crippen molar-refractivity contribution in [3.63, 3.8) is 0 Å². The number of nitrogen functional groups attached to an aromatic ring is 1. The Morgan fingerprint density at radius 3 is 2.43 bits per heavy atom. The second-order valence-corrected chi connectivity index (χ2v) is 4.80. The van der Waals surface area contributed by atoms with Crippen LogP contribution in [0.5, 0.6) is 0 Å². The summed E-state index contributed by atoms with van der Waals surface area (Å²) in [6.07, 6.45) is 3.58. The van der Waals surface area contributed by atoms with Crippen molar-refractivity contribution in [2.45, 2.75) is 6.54 Å². The largest absolute Gasteiger partial charge is 0.399 e. The van der Waals surface area contributed by atoms with E-state index in [1.165, 1.54) is 6.07 Å². The molecule has 21 heavy (non-hydrogen) atoms. The molecule has 1 heterocycles. The highest BCUT2D eigenvalue weighted by Crippen LogP contribution is 2.20. The maximum Gasteiger partial charge on any atom is 0.159 e. The topological polar surface area (TPSA) is 43.8 Å². The van der Waals surface area contributed by atoms with Crippen LogP contribution in [0.1, 0.15) is 5.56 Å². The second-order valence-electron chi connectivity index (χ2n) is 4.80. The van der Waals surface area contributed by atoms with E-state index in [0.29, 0.717) is 17.8 Å². The van der Waals surface area contributed by atoms with E-state index in [4.69, 9.17) is 5.73 Å². The van der Waals surface area contributed by atoms with Gasteiger partial charge in [-0.1, -0.05) is 18.2 Å². The molecule has 0 fully saturated rings. The molecule has 2 N–H and O–H groups in total. The molecule has 0 aliphatic rings. The Kier molecular flexibility index (Phi) is 3.39. The molecule has 0 aliphatic heterocycles. The summed E-state index contributed by atoms with van der Waals surface area (Å²) >= 11 is 0. The highest BCUT2D eigenvalue weighted by molar-refractivity contribution is 5.63. The average molecular weight is 285 g/mol. The summed E-state index contributed by atoms with van der Waals surface area (Å²) in [6.45, 7) is 0.381. The molecule has 5 heteroatoms. The molecular weight excluding hydrogens is 272 g/mol. The fourth-order valence-corrected chi connectivity index (χ4v) is 2.10. The number of benzene rings is 2. The number of nitrogens with zero attached hydrogens (tertiary/aromatic N) is 2. The van der Waals surface area contributed by atoms with Crippen molar-refractivity contribution in [3.8, 4) is 11.1 Å². The lowest BCUT2D eigenvalue weighted by Crippen LogP contribution is -2.00. The lowest BCUT2D eigenvalue weighted by Gasteiger charge is -2.02. The summed E-state index contributed by atoms with van der Waals surface area (Å²) in [5.74, 6) is -1.69. The first-order valence-corrected chi connectivity index (χ1v) is 6.44. The van der Waals surface area contributed by atoms with Gasteiger partial charge in [0.25, 0.3) is 0 Å². The summed E-state index contributed by atoms with van der Waals surface area (Å²) in [4.78, 5) is 0. The van der Waals surface area contributed by atoms with Crippen LogP contribution in [0, 0.1) is 11.6 Å². The Labute approximate surface area is 120 Å². The predicted octanol–water partition coefficient (Wildman–Crippen LogP) is 3.46. The summed E-state index contributed by atoms with van der Waals surface area (Å²) in [5, 5.41) is 4.23. The summed E-state index contributed by atoms with van der Waals surface area (Å²) in [7, 11) is 0. The monoisotopic (exact) mass is 285 g/mol. The van der Waals surface area contributed by atoms with Crippen molar-refractivity contribution in [2.24, 2.45) is 0 Å². The van der Waals surface area contributed by atoms with Crippen LogP contribution in [-0.4, -0.2) is 9.78 Å². The van der Waals surface area contributed by atoms with Gasteiger partial charge in [0.05, 0.1) is 12.7 Å². The van der Waals surface area contributed by atoms with Crippen molar-refractivity contribution in [1.82, 2.24) is 9.78 Å². The highest BCUT2D eigenvalue weighted by atomic mass is 19.2.